The Morgan fingerprint density at radius 1 is 0.944 bits per heavy atom. The third-order valence-corrected chi connectivity index (χ3v) is 4.41. The molecule has 0 atom stereocenters. The van der Waals surface area contributed by atoms with Crippen LogP contribution in [0.5, 0.6) is 0 Å². The summed E-state index contributed by atoms with van der Waals surface area (Å²) < 4.78 is 2.25. The maximum Gasteiger partial charge on any atom is 0.0489 e. The van der Waals surface area contributed by atoms with Crippen molar-refractivity contribution in [3.05, 3.63) is 62.0 Å². The molecule has 0 radical (unpaired) electrons. The van der Waals surface area contributed by atoms with Gasteiger partial charge in [0.25, 0.3) is 0 Å². The number of aryl methyl sites for hydroxylation is 2. The Kier molecular flexibility index (Phi) is 4.46. The Labute approximate surface area is 125 Å². The van der Waals surface area contributed by atoms with Crippen molar-refractivity contribution in [1.29, 1.82) is 0 Å². The van der Waals surface area contributed by atoms with Gasteiger partial charge in [0.05, 0.1) is 0 Å². The summed E-state index contributed by atoms with van der Waals surface area (Å²) in [4.78, 5) is 0. The first-order chi connectivity index (χ1) is 8.56. The fourth-order valence-electron chi connectivity index (χ4n) is 1.79. The van der Waals surface area contributed by atoms with E-state index < -0.39 is 0 Å². The molecule has 2 aromatic rings. The number of anilines is 1. The lowest BCUT2D eigenvalue weighted by molar-refractivity contribution is 1.13. The molecule has 0 bridgehead atoms. The first kappa shape index (κ1) is 13.6. The quantitative estimate of drug-likeness (QED) is 0.760. The molecule has 0 spiro atoms. The highest BCUT2D eigenvalue weighted by atomic mass is 79.9. The molecule has 0 amide bonds. The van der Waals surface area contributed by atoms with E-state index in [9.17, 15) is 0 Å². The lowest BCUT2D eigenvalue weighted by Gasteiger charge is -2.10. The van der Waals surface area contributed by atoms with Crippen LogP contribution in [0.25, 0.3) is 0 Å². The number of benzene rings is 2. The Morgan fingerprint density at radius 3 is 2.39 bits per heavy atom. The molecule has 1 nitrogen and oxygen atoms in total. The molecule has 0 heterocycles. The Hall–Kier alpha value is -0.800. The summed E-state index contributed by atoms with van der Waals surface area (Å²) in [6.45, 7) is 5.04. The van der Waals surface area contributed by atoms with Gasteiger partial charge in [0, 0.05) is 21.2 Å². The SMILES string of the molecule is Cc1ccc(Br)c(NCc2ccc(Br)c(C)c2)c1. The number of hydrogen-bond donors (Lipinski definition) is 1. The Bertz CT molecular complexity index is 564. The van der Waals surface area contributed by atoms with Gasteiger partial charge in [-0.05, 0) is 64.7 Å². The fraction of sp³-hybridized carbons (Fsp3) is 0.200. The van der Waals surface area contributed by atoms with Gasteiger partial charge in [-0.3, -0.25) is 0 Å². The van der Waals surface area contributed by atoms with Gasteiger partial charge in [0.1, 0.15) is 0 Å². The van der Waals surface area contributed by atoms with Crippen LogP contribution in [0.3, 0.4) is 0 Å². The molecule has 3 heteroatoms. The molecular formula is C15H15Br2N. The zero-order chi connectivity index (χ0) is 13.1. The molecule has 0 aromatic heterocycles. The molecule has 0 fully saturated rings. The zero-order valence-corrected chi connectivity index (χ0v) is 13.6. The highest BCUT2D eigenvalue weighted by molar-refractivity contribution is 9.10. The summed E-state index contributed by atoms with van der Waals surface area (Å²) in [5.41, 5.74) is 4.94. The van der Waals surface area contributed by atoms with E-state index in [-0.39, 0.29) is 0 Å². The molecule has 2 aromatic carbocycles. The second-order valence-electron chi connectivity index (χ2n) is 4.42. The summed E-state index contributed by atoms with van der Waals surface area (Å²) in [5, 5.41) is 3.45. The fourth-order valence-corrected chi connectivity index (χ4v) is 2.42. The maximum atomic E-state index is 3.56. The summed E-state index contributed by atoms with van der Waals surface area (Å²) in [6, 6.07) is 12.7. The Morgan fingerprint density at radius 2 is 1.67 bits per heavy atom. The zero-order valence-electron chi connectivity index (χ0n) is 10.4. The van der Waals surface area contributed by atoms with Crippen LogP contribution >= 0.6 is 31.9 Å². The largest absolute Gasteiger partial charge is 0.380 e. The van der Waals surface area contributed by atoms with Crippen LogP contribution < -0.4 is 5.32 Å². The summed E-state index contributed by atoms with van der Waals surface area (Å²) in [5.74, 6) is 0. The van der Waals surface area contributed by atoms with Gasteiger partial charge in [-0.25, -0.2) is 0 Å². The maximum absolute atomic E-state index is 3.56. The predicted molar refractivity (Wildman–Crippen MR) is 85.1 cm³/mol. The van der Waals surface area contributed by atoms with E-state index in [1.807, 2.05) is 0 Å². The van der Waals surface area contributed by atoms with Crippen LogP contribution in [-0.2, 0) is 6.54 Å². The number of nitrogens with one attached hydrogen (secondary N) is 1. The first-order valence-electron chi connectivity index (χ1n) is 5.81. The smallest absolute Gasteiger partial charge is 0.0489 e. The van der Waals surface area contributed by atoms with E-state index in [0.717, 1.165) is 21.2 Å². The third-order valence-electron chi connectivity index (χ3n) is 2.83. The second-order valence-corrected chi connectivity index (χ2v) is 6.13. The number of halogens is 2. The van der Waals surface area contributed by atoms with Crippen molar-refractivity contribution in [1.82, 2.24) is 0 Å². The van der Waals surface area contributed by atoms with Crippen molar-refractivity contribution in [3.63, 3.8) is 0 Å². The van der Waals surface area contributed by atoms with Gasteiger partial charge < -0.3 is 5.32 Å². The van der Waals surface area contributed by atoms with Gasteiger partial charge in [0.2, 0.25) is 0 Å². The van der Waals surface area contributed by atoms with Gasteiger partial charge in [0.15, 0.2) is 0 Å². The number of rotatable bonds is 3. The topological polar surface area (TPSA) is 12.0 Å². The Balaban J connectivity index is 2.11. The highest BCUT2D eigenvalue weighted by Crippen LogP contribution is 2.24. The van der Waals surface area contributed by atoms with E-state index in [1.54, 1.807) is 0 Å². The molecule has 0 aliphatic carbocycles. The third kappa shape index (κ3) is 3.36. The molecule has 2 rings (SSSR count). The van der Waals surface area contributed by atoms with Crippen molar-refractivity contribution < 1.29 is 0 Å². The molecule has 94 valence electrons. The van der Waals surface area contributed by atoms with Crippen LogP contribution in [0.1, 0.15) is 16.7 Å². The average molecular weight is 369 g/mol. The highest BCUT2D eigenvalue weighted by Gasteiger charge is 2.01. The van der Waals surface area contributed by atoms with E-state index in [0.29, 0.717) is 0 Å². The predicted octanol–water partition coefficient (Wildman–Crippen LogP) is 5.44. The van der Waals surface area contributed by atoms with Crippen molar-refractivity contribution in [2.75, 3.05) is 5.32 Å². The molecular weight excluding hydrogens is 354 g/mol. The second kappa shape index (κ2) is 5.89. The molecule has 0 saturated carbocycles. The average Bonchev–Trinajstić information content (AvgIpc) is 2.34. The standard InChI is InChI=1S/C15H15Br2N/c1-10-3-5-14(17)15(7-10)18-9-12-4-6-13(16)11(2)8-12/h3-8,18H,9H2,1-2H3. The van der Waals surface area contributed by atoms with Crippen molar-refractivity contribution in [3.8, 4) is 0 Å². The van der Waals surface area contributed by atoms with Crippen LogP contribution in [0.15, 0.2) is 45.3 Å². The first-order valence-corrected chi connectivity index (χ1v) is 7.40. The van der Waals surface area contributed by atoms with Crippen molar-refractivity contribution in [2.45, 2.75) is 20.4 Å². The van der Waals surface area contributed by atoms with Gasteiger partial charge >= 0.3 is 0 Å². The normalized spacial score (nSPS) is 10.4. The van der Waals surface area contributed by atoms with Crippen LogP contribution in [0.4, 0.5) is 5.69 Å². The lowest BCUT2D eigenvalue weighted by atomic mass is 10.1. The monoisotopic (exact) mass is 367 g/mol. The minimum Gasteiger partial charge on any atom is -0.380 e. The van der Waals surface area contributed by atoms with Crippen LogP contribution in [-0.4, -0.2) is 0 Å². The molecule has 0 aliphatic heterocycles. The molecule has 0 unspecified atom stereocenters. The van der Waals surface area contributed by atoms with Gasteiger partial charge in [-0.2, -0.15) is 0 Å². The summed E-state index contributed by atoms with van der Waals surface area (Å²) in [6.07, 6.45) is 0. The van der Waals surface area contributed by atoms with Gasteiger partial charge in [-0.15, -0.1) is 0 Å². The van der Waals surface area contributed by atoms with Crippen molar-refractivity contribution >= 4 is 37.5 Å². The van der Waals surface area contributed by atoms with Crippen LogP contribution in [0.2, 0.25) is 0 Å². The molecule has 1 N–H and O–H groups in total. The van der Waals surface area contributed by atoms with Crippen LogP contribution in [0, 0.1) is 13.8 Å². The molecule has 0 aliphatic rings. The van der Waals surface area contributed by atoms with E-state index in [2.05, 4.69) is 87.4 Å². The summed E-state index contributed by atoms with van der Waals surface area (Å²) in [7, 11) is 0. The summed E-state index contributed by atoms with van der Waals surface area (Å²) >= 11 is 7.08. The lowest BCUT2D eigenvalue weighted by Crippen LogP contribution is -2.00. The van der Waals surface area contributed by atoms with E-state index >= 15 is 0 Å². The minimum atomic E-state index is 0.830. The van der Waals surface area contributed by atoms with E-state index in [4.69, 9.17) is 0 Å². The van der Waals surface area contributed by atoms with E-state index in [1.165, 1.54) is 16.7 Å². The minimum absolute atomic E-state index is 0.830. The van der Waals surface area contributed by atoms with Crippen molar-refractivity contribution in [2.24, 2.45) is 0 Å². The number of hydrogen-bond acceptors (Lipinski definition) is 1. The molecule has 18 heavy (non-hydrogen) atoms. The van der Waals surface area contributed by atoms with Gasteiger partial charge in [-0.1, -0.05) is 34.1 Å². The molecule has 0 saturated heterocycles.